The summed E-state index contributed by atoms with van der Waals surface area (Å²) in [5.41, 5.74) is 0. The van der Waals surface area contributed by atoms with Gasteiger partial charge >= 0.3 is 12.1 Å². The van der Waals surface area contributed by atoms with Crippen molar-refractivity contribution in [3.8, 4) is 0 Å². The molecule has 2 N–H and O–H groups in total. The molecule has 0 aliphatic rings. The molecular weight excluding hydrogens is 254 g/mol. The van der Waals surface area contributed by atoms with E-state index in [1.54, 1.807) is 11.3 Å². The van der Waals surface area contributed by atoms with Gasteiger partial charge in [0.15, 0.2) is 0 Å². The average molecular weight is 269 g/mol. The molecule has 1 aromatic heterocycles. The first-order chi connectivity index (χ1) is 8.63. The fraction of sp³-hybridized carbons (Fsp3) is 0.333. The van der Waals surface area contributed by atoms with Gasteiger partial charge in [0.05, 0.1) is 0 Å². The van der Waals surface area contributed by atoms with E-state index < -0.39 is 18.1 Å². The van der Waals surface area contributed by atoms with Crippen molar-refractivity contribution in [2.24, 2.45) is 0 Å². The number of nitrogens with one attached hydrogen (secondary N) is 1. The first-order valence-corrected chi connectivity index (χ1v) is 6.31. The molecule has 0 aliphatic carbocycles. The van der Waals surface area contributed by atoms with Crippen LogP contribution in [0.15, 0.2) is 30.2 Å². The van der Waals surface area contributed by atoms with Crippen LogP contribution in [0.4, 0.5) is 4.79 Å². The fourth-order valence-corrected chi connectivity index (χ4v) is 2.04. The Morgan fingerprint density at radius 2 is 2.39 bits per heavy atom. The lowest BCUT2D eigenvalue weighted by Gasteiger charge is -2.13. The van der Waals surface area contributed by atoms with Gasteiger partial charge in [-0.3, -0.25) is 0 Å². The zero-order valence-corrected chi connectivity index (χ0v) is 10.6. The van der Waals surface area contributed by atoms with Crippen molar-refractivity contribution in [2.45, 2.75) is 18.9 Å². The molecule has 0 saturated heterocycles. The lowest BCUT2D eigenvalue weighted by atomic mass is 10.1. The molecule has 1 aromatic rings. The van der Waals surface area contributed by atoms with Gasteiger partial charge in [0.25, 0.3) is 0 Å². The van der Waals surface area contributed by atoms with Crippen molar-refractivity contribution < 1.29 is 19.4 Å². The molecule has 1 atom stereocenters. The second-order valence-corrected chi connectivity index (χ2v) is 4.57. The van der Waals surface area contributed by atoms with Crippen LogP contribution >= 0.6 is 11.3 Å². The summed E-state index contributed by atoms with van der Waals surface area (Å²) in [6.45, 7) is 3.46. The Labute approximate surface area is 109 Å². The number of ether oxygens (including phenoxy) is 1. The van der Waals surface area contributed by atoms with E-state index in [0.717, 1.165) is 4.88 Å². The predicted molar refractivity (Wildman–Crippen MR) is 68.7 cm³/mol. The molecule has 0 spiro atoms. The number of carboxylic acid groups (broad SMARTS) is 1. The van der Waals surface area contributed by atoms with Gasteiger partial charge in [0, 0.05) is 4.88 Å². The summed E-state index contributed by atoms with van der Waals surface area (Å²) in [5.74, 6) is -1.07. The molecule has 0 aromatic carbocycles. The maximum Gasteiger partial charge on any atom is 0.408 e. The summed E-state index contributed by atoms with van der Waals surface area (Å²) in [6.07, 6.45) is 1.62. The minimum absolute atomic E-state index is 0.0586. The highest BCUT2D eigenvalue weighted by molar-refractivity contribution is 7.09. The van der Waals surface area contributed by atoms with Gasteiger partial charge in [-0.1, -0.05) is 18.7 Å². The SMILES string of the molecule is C=CCOC(=O)NC(CCc1cccs1)C(=O)O. The number of carboxylic acids is 1. The van der Waals surface area contributed by atoms with Crippen LogP contribution in [0.5, 0.6) is 0 Å². The first kappa shape index (κ1) is 14.2. The molecule has 5 nitrogen and oxygen atoms in total. The Morgan fingerprint density at radius 3 is 2.94 bits per heavy atom. The number of amides is 1. The van der Waals surface area contributed by atoms with E-state index >= 15 is 0 Å². The van der Waals surface area contributed by atoms with Crippen LogP contribution in [0.1, 0.15) is 11.3 Å². The van der Waals surface area contributed by atoms with E-state index in [4.69, 9.17) is 5.11 Å². The van der Waals surface area contributed by atoms with Gasteiger partial charge in [-0.25, -0.2) is 9.59 Å². The number of alkyl carbamates (subject to hydrolysis) is 1. The van der Waals surface area contributed by atoms with E-state index in [1.165, 1.54) is 6.08 Å². The molecular formula is C12H15NO4S. The Balaban J connectivity index is 2.42. The second-order valence-electron chi connectivity index (χ2n) is 3.54. The molecule has 6 heteroatoms. The quantitative estimate of drug-likeness (QED) is 0.743. The molecule has 1 heterocycles. The third kappa shape index (κ3) is 5.01. The van der Waals surface area contributed by atoms with Crippen molar-refractivity contribution in [1.82, 2.24) is 5.32 Å². The van der Waals surface area contributed by atoms with Crippen molar-refractivity contribution in [3.05, 3.63) is 35.0 Å². The van der Waals surface area contributed by atoms with Crippen LogP contribution < -0.4 is 5.32 Å². The second kappa shape index (κ2) is 7.50. The minimum Gasteiger partial charge on any atom is -0.480 e. The highest BCUT2D eigenvalue weighted by Crippen LogP contribution is 2.12. The average Bonchev–Trinajstić information content (AvgIpc) is 2.84. The van der Waals surface area contributed by atoms with Gasteiger partial charge in [0.1, 0.15) is 12.6 Å². The Bertz CT molecular complexity index is 402. The van der Waals surface area contributed by atoms with E-state index in [1.807, 2.05) is 17.5 Å². The summed E-state index contributed by atoms with van der Waals surface area (Å²) in [7, 11) is 0. The first-order valence-electron chi connectivity index (χ1n) is 5.43. The Hall–Kier alpha value is -1.82. The molecule has 1 rings (SSSR count). The van der Waals surface area contributed by atoms with Crippen LogP contribution in [0.2, 0.25) is 0 Å². The maximum absolute atomic E-state index is 11.2. The standard InChI is InChI=1S/C12H15NO4S/c1-2-7-17-12(16)13-10(11(14)15)6-5-9-4-3-8-18-9/h2-4,8,10H,1,5-7H2,(H,13,16)(H,14,15). The molecule has 1 unspecified atom stereocenters. The summed E-state index contributed by atoms with van der Waals surface area (Å²) >= 11 is 1.56. The fourth-order valence-electron chi connectivity index (χ4n) is 1.32. The van der Waals surface area contributed by atoms with Crippen molar-refractivity contribution in [2.75, 3.05) is 6.61 Å². The highest BCUT2D eigenvalue weighted by Gasteiger charge is 2.20. The van der Waals surface area contributed by atoms with Gasteiger partial charge < -0.3 is 15.2 Å². The lowest BCUT2D eigenvalue weighted by Crippen LogP contribution is -2.41. The highest BCUT2D eigenvalue weighted by atomic mass is 32.1. The van der Waals surface area contributed by atoms with Crippen LogP contribution in [-0.2, 0) is 16.0 Å². The molecule has 0 aliphatic heterocycles. The molecule has 98 valence electrons. The van der Waals surface area contributed by atoms with Crippen LogP contribution in [0, 0.1) is 0 Å². The predicted octanol–water partition coefficient (Wildman–Crippen LogP) is 2.05. The van der Waals surface area contributed by atoms with Crippen molar-refractivity contribution in [1.29, 1.82) is 0 Å². The molecule has 0 fully saturated rings. The monoisotopic (exact) mass is 269 g/mol. The third-order valence-corrected chi connectivity index (χ3v) is 3.12. The number of rotatable bonds is 7. The number of aryl methyl sites for hydroxylation is 1. The van der Waals surface area contributed by atoms with E-state index in [9.17, 15) is 9.59 Å². The largest absolute Gasteiger partial charge is 0.480 e. The van der Waals surface area contributed by atoms with E-state index in [-0.39, 0.29) is 6.61 Å². The Kier molecular flexibility index (Phi) is 5.93. The summed E-state index contributed by atoms with van der Waals surface area (Å²) < 4.78 is 4.68. The molecule has 0 radical (unpaired) electrons. The summed E-state index contributed by atoms with van der Waals surface area (Å²) in [5, 5.41) is 13.2. The summed E-state index contributed by atoms with van der Waals surface area (Å²) in [6, 6.07) is 2.89. The molecule has 0 saturated carbocycles. The zero-order valence-electron chi connectivity index (χ0n) is 9.80. The van der Waals surface area contributed by atoms with Crippen LogP contribution in [0.3, 0.4) is 0 Å². The molecule has 1 amide bonds. The van der Waals surface area contributed by atoms with Gasteiger partial charge in [-0.05, 0) is 24.3 Å². The van der Waals surface area contributed by atoms with E-state index in [2.05, 4.69) is 16.6 Å². The number of hydrogen-bond donors (Lipinski definition) is 2. The maximum atomic E-state index is 11.2. The van der Waals surface area contributed by atoms with Crippen molar-refractivity contribution >= 4 is 23.4 Å². The third-order valence-electron chi connectivity index (χ3n) is 2.18. The number of carbonyl (C=O) groups is 2. The van der Waals surface area contributed by atoms with Gasteiger partial charge in [0.2, 0.25) is 0 Å². The molecule has 0 bridgehead atoms. The van der Waals surface area contributed by atoms with Gasteiger partial charge in [-0.2, -0.15) is 0 Å². The Morgan fingerprint density at radius 1 is 1.61 bits per heavy atom. The normalized spacial score (nSPS) is 11.6. The minimum atomic E-state index is -1.07. The number of carbonyl (C=O) groups excluding carboxylic acids is 1. The van der Waals surface area contributed by atoms with Gasteiger partial charge in [-0.15, -0.1) is 11.3 Å². The van der Waals surface area contributed by atoms with Crippen LogP contribution in [-0.4, -0.2) is 29.8 Å². The topological polar surface area (TPSA) is 75.6 Å². The zero-order chi connectivity index (χ0) is 13.4. The smallest absolute Gasteiger partial charge is 0.408 e. The number of hydrogen-bond acceptors (Lipinski definition) is 4. The lowest BCUT2D eigenvalue weighted by molar-refractivity contribution is -0.139. The number of aliphatic carboxylic acids is 1. The molecule has 18 heavy (non-hydrogen) atoms. The van der Waals surface area contributed by atoms with Crippen LogP contribution in [0.25, 0.3) is 0 Å². The van der Waals surface area contributed by atoms with Crippen molar-refractivity contribution in [3.63, 3.8) is 0 Å². The summed E-state index contributed by atoms with van der Waals surface area (Å²) in [4.78, 5) is 23.3. The number of thiophene rings is 1. The van der Waals surface area contributed by atoms with E-state index in [0.29, 0.717) is 12.8 Å².